The van der Waals surface area contributed by atoms with E-state index in [1.807, 2.05) is 13.0 Å². The second kappa shape index (κ2) is 6.79. The monoisotopic (exact) mass is 338 g/mol. The van der Waals surface area contributed by atoms with E-state index in [1.54, 1.807) is 36.1 Å². The third kappa shape index (κ3) is 3.78. The molecule has 0 aliphatic carbocycles. The van der Waals surface area contributed by atoms with Crippen LogP contribution in [-0.4, -0.2) is 48.9 Å². The maximum atomic E-state index is 12.8. The van der Waals surface area contributed by atoms with Crippen molar-refractivity contribution in [2.75, 3.05) is 27.2 Å². The van der Waals surface area contributed by atoms with Crippen LogP contribution in [-0.2, 0) is 16.1 Å². The molecule has 6 heteroatoms. The number of nitrogens with zero attached hydrogens (tertiary/aromatic N) is 2. The van der Waals surface area contributed by atoms with Gasteiger partial charge in [0.25, 0.3) is 0 Å². The summed E-state index contributed by atoms with van der Waals surface area (Å²) in [6, 6.07) is 5.36. The number of rotatable bonds is 4. The molecule has 5 nitrogen and oxygen atoms in total. The molecule has 1 unspecified atom stereocenters. The van der Waals surface area contributed by atoms with Crippen LogP contribution in [0.1, 0.15) is 25.8 Å². The third-order valence-corrected chi connectivity index (χ3v) is 4.67. The molecule has 1 aliphatic rings. The standard InChI is InChI=1S/C17H23ClN2O3/c1-12(21)20-8-7-17(2,11-20)16(22)19(3)10-13-9-14(18)5-6-15(13)23-4/h5-6,9H,7-8,10-11H2,1-4H3. The van der Waals surface area contributed by atoms with Gasteiger partial charge in [0.2, 0.25) is 11.8 Å². The van der Waals surface area contributed by atoms with Crippen molar-refractivity contribution in [3.8, 4) is 5.75 Å². The minimum atomic E-state index is -0.535. The van der Waals surface area contributed by atoms with Crippen LogP contribution in [0.25, 0.3) is 0 Å². The van der Waals surface area contributed by atoms with Gasteiger partial charge in [-0.05, 0) is 31.5 Å². The quantitative estimate of drug-likeness (QED) is 0.847. The van der Waals surface area contributed by atoms with Crippen LogP contribution in [0.5, 0.6) is 5.75 Å². The fraction of sp³-hybridized carbons (Fsp3) is 0.529. The number of amides is 2. The highest BCUT2D eigenvalue weighted by molar-refractivity contribution is 6.30. The summed E-state index contributed by atoms with van der Waals surface area (Å²) < 4.78 is 5.33. The maximum Gasteiger partial charge on any atom is 0.230 e. The summed E-state index contributed by atoms with van der Waals surface area (Å²) in [7, 11) is 3.36. The van der Waals surface area contributed by atoms with Gasteiger partial charge in [-0.1, -0.05) is 11.6 Å². The Labute approximate surface area is 142 Å². The van der Waals surface area contributed by atoms with Gasteiger partial charge in [0, 0.05) is 44.2 Å². The normalized spacial score (nSPS) is 20.5. The van der Waals surface area contributed by atoms with E-state index in [-0.39, 0.29) is 11.8 Å². The van der Waals surface area contributed by atoms with E-state index >= 15 is 0 Å². The number of likely N-dealkylation sites (tertiary alicyclic amines) is 1. The Bertz CT molecular complexity index is 620. The topological polar surface area (TPSA) is 49.9 Å². The fourth-order valence-corrected chi connectivity index (χ4v) is 3.26. The zero-order valence-electron chi connectivity index (χ0n) is 14.1. The fourth-order valence-electron chi connectivity index (χ4n) is 3.06. The number of methoxy groups -OCH3 is 1. The highest BCUT2D eigenvalue weighted by Crippen LogP contribution is 2.33. The van der Waals surface area contributed by atoms with Gasteiger partial charge in [0.15, 0.2) is 0 Å². The van der Waals surface area contributed by atoms with Crippen LogP contribution in [0.2, 0.25) is 5.02 Å². The first-order chi connectivity index (χ1) is 10.8. The van der Waals surface area contributed by atoms with Gasteiger partial charge < -0.3 is 14.5 Å². The number of ether oxygens (including phenoxy) is 1. The molecule has 0 radical (unpaired) electrons. The van der Waals surface area contributed by atoms with Crippen molar-refractivity contribution in [1.82, 2.24) is 9.80 Å². The first-order valence-corrected chi connectivity index (χ1v) is 7.98. The number of carbonyl (C=O) groups excluding carboxylic acids is 2. The number of halogens is 1. The van der Waals surface area contributed by atoms with Crippen LogP contribution < -0.4 is 4.74 Å². The molecule has 1 fully saturated rings. The zero-order valence-corrected chi connectivity index (χ0v) is 14.8. The summed E-state index contributed by atoms with van der Waals surface area (Å²) in [5, 5.41) is 0.608. The molecule has 0 aromatic heterocycles. The molecule has 2 rings (SSSR count). The number of benzene rings is 1. The molecular formula is C17H23ClN2O3. The number of carbonyl (C=O) groups is 2. The van der Waals surface area contributed by atoms with Crippen molar-refractivity contribution in [2.24, 2.45) is 5.41 Å². The predicted molar refractivity (Wildman–Crippen MR) is 89.5 cm³/mol. The average Bonchev–Trinajstić information content (AvgIpc) is 2.90. The van der Waals surface area contributed by atoms with Gasteiger partial charge in [-0.25, -0.2) is 0 Å². The Morgan fingerprint density at radius 3 is 2.70 bits per heavy atom. The lowest BCUT2D eigenvalue weighted by atomic mass is 9.88. The predicted octanol–water partition coefficient (Wildman–Crippen LogP) is 2.57. The van der Waals surface area contributed by atoms with Gasteiger partial charge in [-0.2, -0.15) is 0 Å². The summed E-state index contributed by atoms with van der Waals surface area (Å²) in [6.45, 7) is 4.98. The van der Waals surface area contributed by atoms with Crippen LogP contribution in [0.15, 0.2) is 18.2 Å². The van der Waals surface area contributed by atoms with E-state index in [1.165, 1.54) is 6.92 Å². The molecule has 2 amide bonds. The minimum Gasteiger partial charge on any atom is -0.496 e. The lowest BCUT2D eigenvalue weighted by molar-refractivity contribution is -0.140. The summed E-state index contributed by atoms with van der Waals surface area (Å²) in [5.41, 5.74) is 0.326. The second-order valence-corrected chi connectivity index (χ2v) is 6.81. The van der Waals surface area contributed by atoms with Crippen molar-refractivity contribution in [3.63, 3.8) is 0 Å². The SMILES string of the molecule is COc1ccc(Cl)cc1CN(C)C(=O)C1(C)CCN(C(C)=O)C1. The zero-order chi connectivity index (χ0) is 17.2. The van der Waals surface area contributed by atoms with Crippen molar-refractivity contribution in [2.45, 2.75) is 26.8 Å². The van der Waals surface area contributed by atoms with Crippen molar-refractivity contribution in [3.05, 3.63) is 28.8 Å². The molecule has 1 aromatic carbocycles. The molecule has 0 bridgehead atoms. The molecule has 1 heterocycles. The van der Waals surface area contributed by atoms with Crippen molar-refractivity contribution >= 4 is 23.4 Å². The number of hydrogen-bond donors (Lipinski definition) is 0. The molecular weight excluding hydrogens is 316 g/mol. The van der Waals surface area contributed by atoms with Gasteiger partial charge in [0.05, 0.1) is 12.5 Å². The molecule has 126 valence electrons. The molecule has 1 aliphatic heterocycles. The Morgan fingerprint density at radius 2 is 2.13 bits per heavy atom. The summed E-state index contributed by atoms with van der Waals surface area (Å²) in [5.74, 6) is 0.750. The molecule has 0 N–H and O–H groups in total. The third-order valence-electron chi connectivity index (χ3n) is 4.43. The van der Waals surface area contributed by atoms with Crippen LogP contribution >= 0.6 is 11.6 Å². The van der Waals surface area contributed by atoms with Gasteiger partial charge in [0.1, 0.15) is 5.75 Å². The Morgan fingerprint density at radius 1 is 1.43 bits per heavy atom. The summed E-state index contributed by atoms with van der Waals surface area (Å²) in [4.78, 5) is 27.8. The lowest BCUT2D eigenvalue weighted by Crippen LogP contribution is -2.42. The molecule has 1 aromatic rings. The number of hydrogen-bond acceptors (Lipinski definition) is 3. The maximum absolute atomic E-state index is 12.8. The molecule has 0 spiro atoms. The minimum absolute atomic E-state index is 0.0145. The Hall–Kier alpha value is -1.75. The first-order valence-electron chi connectivity index (χ1n) is 7.60. The van der Waals surface area contributed by atoms with Crippen LogP contribution in [0, 0.1) is 5.41 Å². The van der Waals surface area contributed by atoms with Crippen LogP contribution in [0.3, 0.4) is 0 Å². The van der Waals surface area contributed by atoms with E-state index in [9.17, 15) is 9.59 Å². The van der Waals surface area contributed by atoms with E-state index in [2.05, 4.69) is 0 Å². The molecule has 1 saturated heterocycles. The smallest absolute Gasteiger partial charge is 0.230 e. The lowest BCUT2D eigenvalue weighted by Gasteiger charge is -2.29. The Balaban J connectivity index is 2.12. The van der Waals surface area contributed by atoms with E-state index < -0.39 is 5.41 Å². The second-order valence-electron chi connectivity index (χ2n) is 6.37. The summed E-state index contributed by atoms with van der Waals surface area (Å²) in [6.07, 6.45) is 0.683. The van der Waals surface area contributed by atoms with Gasteiger partial charge >= 0.3 is 0 Å². The average molecular weight is 339 g/mol. The van der Waals surface area contributed by atoms with Crippen molar-refractivity contribution in [1.29, 1.82) is 0 Å². The van der Waals surface area contributed by atoms with E-state index in [4.69, 9.17) is 16.3 Å². The summed E-state index contributed by atoms with van der Waals surface area (Å²) >= 11 is 6.04. The highest BCUT2D eigenvalue weighted by Gasteiger charge is 2.42. The van der Waals surface area contributed by atoms with Gasteiger partial charge in [-0.15, -0.1) is 0 Å². The molecule has 0 saturated carbocycles. The molecule has 1 atom stereocenters. The Kier molecular flexibility index (Phi) is 5.19. The van der Waals surface area contributed by atoms with Crippen molar-refractivity contribution < 1.29 is 14.3 Å². The van der Waals surface area contributed by atoms with E-state index in [0.29, 0.717) is 36.8 Å². The largest absolute Gasteiger partial charge is 0.496 e. The molecule has 23 heavy (non-hydrogen) atoms. The van der Waals surface area contributed by atoms with E-state index in [0.717, 1.165) is 5.56 Å². The first kappa shape index (κ1) is 17.6. The van der Waals surface area contributed by atoms with Crippen LogP contribution in [0.4, 0.5) is 0 Å². The van der Waals surface area contributed by atoms with Gasteiger partial charge in [-0.3, -0.25) is 9.59 Å². The highest BCUT2D eigenvalue weighted by atomic mass is 35.5.